The number of amides is 2. The minimum atomic E-state index is -0.317. The van der Waals surface area contributed by atoms with Gasteiger partial charge in [0.15, 0.2) is 0 Å². The lowest BCUT2D eigenvalue weighted by molar-refractivity contribution is -0.120. The highest BCUT2D eigenvalue weighted by Crippen LogP contribution is 2.24. The molecule has 29 heavy (non-hydrogen) atoms. The highest BCUT2D eigenvalue weighted by molar-refractivity contribution is 7.12. The fourth-order valence-electron chi connectivity index (χ4n) is 2.98. The highest BCUT2D eigenvalue weighted by atomic mass is 32.1. The summed E-state index contributed by atoms with van der Waals surface area (Å²) < 4.78 is 13.3. The summed E-state index contributed by atoms with van der Waals surface area (Å²) in [6.45, 7) is 4.13. The Hall–Kier alpha value is -2.99. The molecule has 4 nitrogen and oxygen atoms in total. The van der Waals surface area contributed by atoms with E-state index >= 15 is 0 Å². The van der Waals surface area contributed by atoms with Crippen molar-refractivity contribution in [3.8, 4) is 0 Å². The van der Waals surface area contributed by atoms with Crippen LogP contribution in [0.4, 0.5) is 10.1 Å². The van der Waals surface area contributed by atoms with Gasteiger partial charge in [-0.1, -0.05) is 30.3 Å². The number of benzene rings is 2. The predicted octanol–water partition coefficient (Wildman–Crippen LogP) is 4.80. The van der Waals surface area contributed by atoms with Crippen molar-refractivity contribution in [3.63, 3.8) is 0 Å². The Bertz CT molecular complexity index is 969. The second kappa shape index (κ2) is 9.47. The van der Waals surface area contributed by atoms with E-state index in [9.17, 15) is 14.0 Å². The van der Waals surface area contributed by atoms with E-state index in [2.05, 4.69) is 5.32 Å². The van der Waals surface area contributed by atoms with E-state index in [1.54, 1.807) is 23.1 Å². The van der Waals surface area contributed by atoms with Crippen LogP contribution in [0.2, 0.25) is 0 Å². The molecule has 6 heteroatoms. The minimum absolute atomic E-state index is 0.0631. The molecule has 0 aliphatic heterocycles. The van der Waals surface area contributed by atoms with Gasteiger partial charge in [-0.3, -0.25) is 9.59 Å². The summed E-state index contributed by atoms with van der Waals surface area (Å²) in [5.74, 6) is -0.511. The summed E-state index contributed by atoms with van der Waals surface area (Å²) in [5, 5.41) is 4.73. The standard InChI is InChI=1S/C23H23FN2O2S/c1-16(2)25-22(27)14-18-5-3-6-20(13-18)26(23(28)21-7-4-12-29-21)15-17-8-10-19(24)11-9-17/h3-13,16H,14-15H2,1-2H3,(H,25,27). The molecule has 1 heterocycles. The molecule has 0 aliphatic rings. The van der Waals surface area contributed by atoms with Gasteiger partial charge in [0.05, 0.1) is 17.8 Å². The smallest absolute Gasteiger partial charge is 0.268 e. The topological polar surface area (TPSA) is 49.4 Å². The molecule has 3 aromatic rings. The Labute approximate surface area is 174 Å². The number of anilines is 1. The molecule has 0 saturated carbocycles. The Morgan fingerprint density at radius 2 is 1.79 bits per heavy atom. The molecule has 0 spiro atoms. The summed E-state index contributed by atoms with van der Waals surface area (Å²) in [5.41, 5.74) is 2.34. The second-order valence-corrected chi connectivity index (χ2v) is 8.01. The van der Waals surface area contributed by atoms with Crippen molar-refractivity contribution in [2.24, 2.45) is 0 Å². The lowest BCUT2D eigenvalue weighted by Gasteiger charge is -2.23. The van der Waals surface area contributed by atoms with Crippen molar-refractivity contribution in [1.29, 1.82) is 0 Å². The highest BCUT2D eigenvalue weighted by Gasteiger charge is 2.20. The second-order valence-electron chi connectivity index (χ2n) is 7.06. The average molecular weight is 411 g/mol. The Morgan fingerprint density at radius 3 is 2.45 bits per heavy atom. The van der Waals surface area contributed by atoms with Gasteiger partial charge in [-0.25, -0.2) is 4.39 Å². The number of hydrogen-bond donors (Lipinski definition) is 1. The number of nitrogens with one attached hydrogen (secondary N) is 1. The zero-order chi connectivity index (χ0) is 20.8. The molecule has 1 aromatic heterocycles. The van der Waals surface area contributed by atoms with Crippen LogP contribution in [0, 0.1) is 5.82 Å². The van der Waals surface area contributed by atoms with Crippen LogP contribution in [0.25, 0.3) is 0 Å². The number of hydrogen-bond acceptors (Lipinski definition) is 3. The first-order valence-corrected chi connectivity index (χ1v) is 10.3. The van der Waals surface area contributed by atoms with E-state index in [1.807, 2.05) is 49.6 Å². The largest absolute Gasteiger partial charge is 0.354 e. The first-order valence-electron chi connectivity index (χ1n) is 9.40. The van der Waals surface area contributed by atoms with Crippen molar-refractivity contribution in [2.75, 3.05) is 4.90 Å². The summed E-state index contributed by atoms with van der Waals surface area (Å²) in [6.07, 6.45) is 0.240. The van der Waals surface area contributed by atoms with Crippen molar-refractivity contribution >= 4 is 28.8 Å². The van der Waals surface area contributed by atoms with Crippen LogP contribution in [-0.4, -0.2) is 17.9 Å². The Morgan fingerprint density at radius 1 is 1.03 bits per heavy atom. The fraction of sp³-hybridized carbons (Fsp3) is 0.217. The van der Waals surface area contributed by atoms with Gasteiger partial charge < -0.3 is 10.2 Å². The van der Waals surface area contributed by atoms with E-state index in [4.69, 9.17) is 0 Å². The van der Waals surface area contributed by atoms with Crippen LogP contribution in [0.15, 0.2) is 66.0 Å². The third-order valence-electron chi connectivity index (χ3n) is 4.27. The van der Waals surface area contributed by atoms with Crippen LogP contribution in [-0.2, 0) is 17.8 Å². The third kappa shape index (κ3) is 5.74. The third-order valence-corrected chi connectivity index (χ3v) is 5.13. The SMILES string of the molecule is CC(C)NC(=O)Cc1cccc(N(Cc2ccc(F)cc2)C(=O)c2cccs2)c1. The van der Waals surface area contributed by atoms with Crippen molar-refractivity contribution in [2.45, 2.75) is 32.9 Å². The van der Waals surface area contributed by atoms with E-state index in [-0.39, 0.29) is 30.1 Å². The number of carbonyl (C=O) groups is 2. The van der Waals surface area contributed by atoms with Crippen LogP contribution in [0.3, 0.4) is 0 Å². The lowest BCUT2D eigenvalue weighted by atomic mass is 10.1. The quantitative estimate of drug-likeness (QED) is 0.608. The molecule has 0 unspecified atom stereocenters. The van der Waals surface area contributed by atoms with Gasteiger partial charge in [0.1, 0.15) is 5.82 Å². The maximum Gasteiger partial charge on any atom is 0.268 e. The zero-order valence-electron chi connectivity index (χ0n) is 16.4. The molecule has 1 N–H and O–H groups in total. The van der Waals surface area contributed by atoms with Gasteiger partial charge in [-0.15, -0.1) is 11.3 Å². The van der Waals surface area contributed by atoms with Crippen molar-refractivity contribution < 1.29 is 14.0 Å². The van der Waals surface area contributed by atoms with E-state index in [1.165, 1.54) is 23.5 Å². The van der Waals surface area contributed by atoms with Gasteiger partial charge in [0.25, 0.3) is 5.91 Å². The molecule has 2 aromatic carbocycles. The monoisotopic (exact) mass is 410 g/mol. The summed E-state index contributed by atoms with van der Waals surface area (Å²) in [7, 11) is 0. The number of carbonyl (C=O) groups excluding carboxylic acids is 2. The molecule has 0 fully saturated rings. The first-order chi connectivity index (χ1) is 13.9. The van der Waals surface area contributed by atoms with Crippen LogP contribution in [0.5, 0.6) is 0 Å². The van der Waals surface area contributed by atoms with Crippen LogP contribution in [0.1, 0.15) is 34.6 Å². The number of thiophene rings is 1. The molecule has 0 atom stereocenters. The van der Waals surface area contributed by atoms with Crippen LogP contribution < -0.4 is 10.2 Å². The van der Waals surface area contributed by atoms with Gasteiger partial charge >= 0.3 is 0 Å². The number of rotatable bonds is 7. The number of nitrogens with zero attached hydrogens (tertiary/aromatic N) is 1. The Balaban J connectivity index is 1.89. The maximum absolute atomic E-state index is 13.3. The van der Waals surface area contributed by atoms with Crippen molar-refractivity contribution in [3.05, 3.63) is 87.9 Å². The van der Waals surface area contributed by atoms with Gasteiger partial charge in [0.2, 0.25) is 5.91 Å². The summed E-state index contributed by atoms with van der Waals surface area (Å²) in [6, 6.07) is 17.2. The summed E-state index contributed by atoms with van der Waals surface area (Å²) >= 11 is 1.37. The lowest BCUT2D eigenvalue weighted by Crippen LogP contribution is -2.32. The first kappa shape index (κ1) is 20.7. The maximum atomic E-state index is 13.3. The normalized spacial score (nSPS) is 10.8. The zero-order valence-corrected chi connectivity index (χ0v) is 17.2. The molecular weight excluding hydrogens is 387 g/mol. The Kier molecular flexibility index (Phi) is 6.77. The average Bonchev–Trinajstić information content (AvgIpc) is 3.21. The molecule has 0 bridgehead atoms. The van der Waals surface area contributed by atoms with Gasteiger partial charge in [-0.05, 0) is 60.7 Å². The van der Waals surface area contributed by atoms with E-state index in [0.717, 1.165) is 11.1 Å². The minimum Gasteiger partial charge on any atom is -0.354 e. The molecule has 3 rings (SSSR count). The molecular formula is C23H23FN2O2S. The van der Waals surface area contributed by atoms with E-state index < -0.39 is 0 Å². The summed E-state index contributed by atoms with van der Waals surface area (Å²) in [4.78, 5) is 27.5. The predicted molar refractivity (Wildman–Crippen MR) is 115 cm³/mol. The molecule has 150 valence electrons. The van der Waals surface area contributed by atoms with Gasteiger partial charge in [0, 0.05) is 11.7 Å². The van der Waals surface area contributed by atoms with Gasteiger partial charge in [-0.2, -0.15) is 0 Å². The molecule has 2 amide bonds. The van der Waals surface area contributed by atoms with Crippen LogP contribution >= 0.6 is 11.3 Å². The van der Waals surface area contributed by atoms with E-state index in [0.29, 0.717) is 17.1 Å². The molecule has 0 saturated heterocycles. The van der Waals surface area contributed by atoms with Crippen molar-refractivity contribution in [1.82, 2.24) is 5.32 Å². The molecule has 0 radical (unpaired) electrons. The molecule has 0 aliphatic carbocycles. The number of halogens is 1. The fourth-order valence-corrected chi connectivity index (χ4v) is 3.65.